The molecule has 0 saturated heterocycles. The summed E-state index contributed by atoms with van der Waals surface area (Å²) in [5.74, 6) is -1.36. The Morgan fingerprint density at radius 3 is 2.45 bits per heavy atom. The summed E-state index contributed by atoms with van der Waals surface area (Å²) < 4.78 is 52.2. The number of methoxy groups -OCH3 is 2. The molecule has 0 fully saturated rings. The number of carbonyl (C=O) groups excluding carboxylic acids is 2. The van der Waals surface area contributed by atoms with Crippen LogP contribution in [-0.4, -0.2) is 40.9 Å². The predicted octanol–water partition coefficient (Wildman–Crippen LogP) is 4.42. The minimum Gasteiger partial charge on any atom is -0.469 e. The third-order valence-corrected chi connectivity index (χ3v) is 6.62. The van der Waals surface area contributed by atoms with Gasteiger partial charge in [-0.05, 0) is 54.3 Å². The lowest BCUT2D eigenvalue weighted by Crippen LogP contribution is -2.31. The zero-order valence-electron chi connectivity index (χ0n) is 21.0. The fraction of sp³-hybridized carbons (Fsp3) is 0.296. The number of allylic oxidation sites excluding steroid dienone is 1. The molecule has 1 aliphatic rings. The van der Waals surface area contributed by atoms with E-state index in [2.05, 4.69) is 10.2 Å². The summed E-state index contributed by atoms with van der Waals surface area (Å²) in [6.07, 6.45) is -4.75. The second kappa shape index (κ2) is 10.1. The lowest BCUT2D eigenvalue weighted by atomic mass is 9.79. The van der Waals surface area contributed by atoms with Crippen molar-refractivity contribution in [3.8, 4) is 6.07 Å². The van der Waals surface area contributed by atoms with Crippen molar-refractivity contribution in [2.75, 3.05) is 14.2 Å². The Morgan fingerprint density at radius 1 is 1.08 bits per heavy atom. The van der Waals surface area contributed by atoms with Gasteiger partial charge in [-0.3, -0.25) is 4.79 Å². The number of carbonyl (C=O) groups is 2. The molecule has 3 aromatic rings. The zero-order valence-corrected chi connectivity index (χ0v) is 21.0. The van der Waals surface area contributed by atoms with Crippen LogP contribution < -0.4 is 0 Å². The van der Waals surface area contributed by atoms with Crippen molar-refractivity contribution in [2.24, 2.45) is 0 Å². The van der Waals surface area contributed by atoms with E-state index in [0.29, 0.717) is 33.9 Å². The number of halogens is 3. The van der Waals surface area contributed by atoms with Crippen LogP contribution in [0.4, 0.5) is 13.2 Å². The maximum atomic E-state index is 13.5. The SMILES string of the molecule is COC(=O)Cc1cc(C#N)ccc1C1C(C(=O)OC)=C(C)C(c2cccc(C(F)(F)F)c2)c2nnc(C)n21. The van der Waals surface area contributed by atoms with E-state index in [-0.39, 0.29) is 17.6 Å². The number of hydrogen-bond acceptors (Lipinski definition) is 7. The van der Waals surface area contributed by atoms with Crippen LogP contribution in [0.3, 0.4) is 0 Å². The molecule has 8 nitrogen and oxygen atoms in total. The molecular weight excluding hydrogens is 501 g/mol. The molecule has 0 bridgehead atoms. The van der Waals surface area contributed by atoms with Gasteiger partial charge in [0.2, 0.25) is 0 Å². The molecule has 2 aromatic carbocycles. The van der Waals surface area contributed by atoms with E-state index in [1.807, 2.05) is 6.07 Å². The van der Waals surface area contributed by atoms with Crippen molar-refractivity contribution in [1.82, 2.24) is 14.8 Å². The van der Waals surface area contributed by atoms with Crippen molar-refractivity contribution in [2.45, 2.75) is 38.4 Å². The van der Waals surface area contributed by atoms with Crippen LogP contribution in [-0.2, 0) is 31.7 Å². The molecule has 0 spiro atoms. The maximum absolute atomic E-state index is 13.5. The van der Waals surface area contributed by atoms with Crippen LogP contribution in [0.25, 0.3) is 0 Å². The summed E-state index contributed by atoms with van der Waals surface area (Å²) in [5.41, 5.74) is 1.27. The van der Waals surface area contributed by atoms with Gasteiger partial charge >= 0.3 is 18.1 Å². The first kappa shape index (κ1) is 26.6. The van der Waals surface area contributed by atoms with Crippen LogP contribution >= 0.6 is 0 Å². The van der Waals surface area contributed by atoms with Crippen LogP contribution in [0.1, 0.15) is 58.3 Å². The first-order chi connectivity index (χ1) is 18.0. The number of nitrogens with zero attached hydrogens (tertiary/aromatic N) is 4. The molecule has 196 valence electrons. The van der Waals surface area contributed by atoms with E-state index < -0.39 is 35.6 Å². The molecule has 2 heterocycles. The summed E-state index contributed by atoms with van der Waals surface area (Å²) in [4.78, 5) is 25.5. The highest BCUT2D eigenvalue weighted by Gasteiger charge is 2.42. The normalized spacial score (nSPS) is 17.0. The minimum atomic E-state index is -4.56. The second-order valence-corrected chi connectivity index (χ2v) is 8.80. The van der Waals surface area contributed by atoms with E-state index in [4.69, 9.17) is 9.47 Å². The van der Waals surface area contributed by atoms with E-state index in [1.54, 1.807) is 30.5 Å². The van der Waals surface area contributed by atoms with Gasteiger partial charge in [0.25, 0.3) is 0 Å². The number of alkyl halides is 3. The monoisotopic (exact) mass is 524 g/mol. The van der Waals surface area contributed by atoms with Crippen molar-refractivity contribution in [1.29, 1.82) is 5.26 Å². The molecule has 0 aliphatic carbocycles. The van der Waals surface area contributed by atoms with Crippen molar-refractivity contribution >= 4 is 11.9 Å². The smallest absolute Gasteiger partial charge is 0.416 e. The fourth-order valence-electron chi connectivity index (χ4n) is 4.89. The van der Waals surface area contributed by atoms with Crippen molar-refractivity contribution in [3.63, 3.8) is 0 Å². The van der Waals surface area contributed by atoms with E-state index in [9.17, 15) is 28.0 Å². The van der Waals surface area contributed by atoms with Crippen molar-refractivity contribution in [3.05, 3.63) is 93.1 Å². The van der Waals surface area contributed by atoms with Gasteiger partial charge in [-0.25, -0.2) is 4.79 Å². The summed E-state index contributed by atoms with van der Waals surface area (Å²) in [6.45, 7) is 3.30. The molecule has 0 radical (unpaired) electrons. The number of esters is 2. The molecule has 0 amide bonds. The molecule has 1 aromatic heterocycles. The highest BCUT2D eigenvalue weighted by atomic mass is 19.4. The highest BCUT2D eigenvalue weighted by Crippen LogP contribution is 2.46. The Hall–Kier alpha value is -4.46. The van der Waals surface area contributed by atoms with E-state index >= 15 is 0 Å². The Labute approximate surface area is 216 Å². The fourth-order valence-corrected chi connectivity index (χ4v) is 4.89. The van der Waals surface area contributed by atoms with Gasteiger partial charge in [-0.2, -0.15) is 18.4 Å². The maximum Gasteiger partial charge on any atom is 0.416 e. The van der Waals surface area contributed by atoms with Gasteiger partial charge in [-0.15, -0.1) is 10.2 Å². The number of rotatable bonds is 5. The minimum absolute atomic E-state index is 0.168. The topological polar surface area (TPSA) is 107 Å². The number of fused-ring (bicyclic) bond motifs is 1. The van der Waals surface area contributed by atoms with Crippen LogP contribution in [0.5, 0.6) is 0 Å². The number of nitriles is 1. The molecule has 4 rings (SSSR count). The third kappa shape index (κ3) is 4.65. The number of aryl methyl sites for hydroxylation is 1. The van der Waals surface area contributed by atoms with Gasteiger partial charge in [0, 0.05) is 0 Å². The van der Waals surface area contributed by atoms with Gasteiger partial charge in [-0.1, -0.05) is 24.3 Å². The van der Waals surface area contributed by atoms with Crippen LogP contribution in [0, 0.1) is 18.3 Å². The van der Waals surface area contributed by atoms with Gasteiger partial charge < -0.3 is 14.0 Å². The molecule has 0 saturated carbocycles. The third-order valence-electron chi connectivity index (χ3n) is 6.62. The van der Waals surface area contributed by atoms with Crippen LogP contribution in [0.2, 0.25) is 0 Å². The highest BCUT2D eigenvalue weighted by molar-refractivity contribution is 5.92. The van der Waals surface area contributed by atoms with Gasteiger partial charge in [0.1, 0.15) is 11.6 Å². The molecule has 2 unspecified atom stereocenters. The first-order valence-corrected chi connectivity index (χ1v) is 11.5. The average molecular weight is 524 g/mol. The molecule has 1 aliphatic heterocycles. The predicted molar refractivity (Wildman–Crippen MR) is 128 cm³/mol. The summed E-state index contributed by atoms with van der Waals surface area (Å²) >= 11 is 0. The lowest BCUT2D eigenvalue weighted by molar-refractivity contribution is -0.140. The summed E-state index contributed by atoms with van der Waals surface area (Å²) in [7, 11) is 2.45. The largest absolute Gasteiger partial charge is 0.469 e. The van der Waals surface area contributed by atoms with Gasteiger partial charge in [0.15, 0.2) is 0 Å². The summed E-state index contributed by atoms with van der Waals surface area (Å²) in [5, 5.41) is 17.9. The molecule has 0 N–H and O–H groups in total. The molecule has 2 atom stereocenters. The number of benzene rings is 2. The zero-order chi connectivity index (χ0) is 27.8. The number of hydrogen-bond donors (Lipinski definition) is 0. The lowest BCUT2D eigenvalue weighted by Gasteiger charge is -2.35. The molecule has 11 heteroatoms. The molecule has 38 heavy (non-hydrogen) atoms. The van der Waals surface area contributed by atoms with E-state index in [1.165, 1.54) is 32.4 Å². The Morgan fingerprint density at radius 2 is 1.82 bits per heavy atom. The van der Waals surface area contributed by atoms with E-state index in [0.717, 1.165) is 12.1 Å². The second-order valence-electron chi connectivity index (χ2n) is 8.80. The number of ether oxygens (including phenoxy) is 2. The first-order valence-electron chi connectivity index (χ1n) is 11.5. The average Bonchev–Trinajstić information content (AvgIpc) is 3.27. The quantitative estimate of drug-likeness (QED) is 0.455. The van der Waals surface area contributed by atoms with Crippen LogP contribution in [0.15, 0.2) is 53.6 Å². The Kier molecular flexibility index (Phi) is 7.09. The Bertz CT molecular complexity index is 1500. The Balaban J connectivity index is 2.02. The summed E-state index contributed by atoms with van der Waals surface area (Å²) in [6, 6.07) is 10.7. The number of aromatic nitrogens is 3. The van der Waals surface area contributed by atoms with Crippen molar-refractivity contribution < 1.29 is 32.2 Å². The van der Waals surface area contributed by atoms with Gasteiger partial charge in [0.05, 0.1) is 55.4 Å². The molecular formula is C27H23F3N4O4. The standard InChI is InChI=1S/C27H23F3N4O4/c1-14-22(17-6-5-7-19(11-17)27(28,29)30)25-33-32-15(2)34(25)24(23(14)26(36)38-4)20-9-8-16(13-31)10-18(20)12-21(35)37-3/h5-11,22,24H,12H2,1-4H3.